The van der Waals surface area contributed by atoms with Crippen LogP contribution in [0.3, 0.4) is 0 Å². The summed E-state index contributed by atoms with van der Waals surface area (Å²) in [7, 11) is 0. The maximum atomic E-state index is 12.8. The SMILES string of the molecule is CCN(CC)CCc1ccc2[nH]c(=O)n(C(=O)N[C@@H](C)c3ccccc3)c2c1. The van der Waals surface area contributed by atoms with E-state index >= 15 is 0 Å². The molecule has 0 aliphatic heterocycles. The Balaban J connectivity index is 1.83. The zero-order valence-electron chi connectivity index (χ0n) is 16.7. The van der Waals surface area contributed by atoms with Gasteiger partial charge in [0.2, 0.25) is 0 Å². The summed E-state index contributed by atoms with van der Waals surface area (Å²) in [5.74, 6) is 0. The molecule has 2 N–H and O–H groups in total. The van der Waals surface area contributed by atoms with Crippen molar-refractivity contribution in [2.24, 2.45) is 0 Å². The summed E-state index contributed by atoms with van der Waals surface area (Å²) in [4.78, 5) is 30.3. The molecule has 0 unspecified atom stereocenters. The van der Waals surface area contributed by atoms with Crippen molar-refractivity contribution in [1.82, 2.24) is 19.8 Å². The molecule has 6 nitrogen and oxygen atoms in total. The van der Waals surface area contributed by atoms with Crippen LogP contribution >= 0.6 is 0 Å². The van der Waals surface area contributed by atoms with Gasteiger partial charge in [0, 0.05) is 6.54 Å². The van der Waals surface area contributed by atoms with Crippen LogP contribution in [-0.2, 0) is 6.42 Å². The van der Waals surface area contributed by atoms with Gasteiger partial charge in [-0.05, 0) is 49.7 Å². The lowest BCUT2D eigenvalue weighted by Crippen LogP contribution is -2.36. The average molecular weight is 380 g/mol. The Labute approximate surface area is 165 Å². The molecule has 1 atom stereocenters. The van der Waals surface area contributed by atoms with E-state index in [0.29, 0.717) is 11.0 Å². The lowest BCUT2D eigenvalue weighted by atomic mass is 10.1. The van der Waals surface area contributed by atoms with E-state index in [9.17, 15) is 9.59 Å². The molecule has 148 valence electrons. The van der Waals surface area contributed by atoms with E-state index < -0.39 is 11.7 Å². The van der Waals surface area contributed by atoms with E-state index in [1.54, 1.807) is 0 Å². The highest BCUT2D eigenvalue weighted by Gasteiger charge is 2.17. The first kappa shape index (κ1) is 19.9. The molecule has 1 aromatic heterocycles. The molecule has 3 aromatic rings. The largest absolute Gasteiger partial charge is 0.334 e. The molecule has 3 rings (SSSR count). The monoisotopic (exact) mass is 380 g/mol. The molecule has 6 heteroatoms. The maximum absolute atomic E-state index is 12.8. The Morgan fingerprint density at radius 1 is 1.14 bits per heavy atom. The highest BCUT2D eigenvalue weighted by molar-refractivity contribution is 5.89. The van der Waals surface area contributed by atoms with E-state index in [1.807, 2.05) is 55.5 Å². The number of fused-ring (bicyclic) bond motifs is 1. The van der Waals surface area contributed by atoms with Crippen molar-refractivity contribution in [3.63, 3.8) is 0 Å². The van der Waals surface area contributed by atoms with E-state index in [2.05, 4.69) is 29.0 Å². The maximum Gasteiger partial charge on any atom is 0.334 e. The first-order valence-corrected chi connectivity index (χ1v) is 9.85. The van der Waals surface area contributed by atoms with Gasteiger partial charge in [-0.2, -0.15) is 0 Å². The number of hydrogen-bond donors (Lipinski definition) is 2. The number of aromatic nitrogens is 2. The summed E-state index contributed by atoms with van der Waals surface area (Å²) in [5, 5.41) is 2.92. The molecule has 0 aliphatic carbocycles. The van der Waals surface area contributed by atoms with Gasteiger partial charge in [-0.3, -0.25) is 0 Å². The molecule has 0 saturated heterocycles. The summed E-state index contributed by atoms with van der Waals surface area (Å²) in [6.07, 6.45) is 0.874. The van der Waals surface area contributed by atoms with Crippen LogP contribution in [0.5, 0.6) is 0 Å². The Hall–Kier alpha value is -2.86. The number of aromatic amines is 1. The molecule has 0 spiro atoms. The normalized spacial score (nSPS) is 12.4. The summed E-state index contributed by atoms with van der Waals surface area (Å²) >= 11 is 0. The summed E-state index contributed by atoms with van der Waals surface area (Å²) in [5.41, 5.74) is 2.95. The van der Waals surface area contributed by atoms with Crippen molar-refractivity contribution in [1.29, 1.82) is 0 Å². The van der Waals surface area contributed by atoms with E-state index in [0.717, 1.165) is 37.2 Å². The van der Waals surface area contributed by atoms with E-state index in [4.69, 9.17) is 0 Å². The summed E-state index contributed by atoms with van der Waals surface area (Å²) in [6, 6.07) is 14.9. The standard InChI is InChI=1S/C22H28N4O2/c1-4-25(5-2)14-13-17-11-12-19-20(15-17)26(22(28)24-19)21(27)23-16(3)18-9-7-6-8-10-18/h6-12,15-16H,4-5,13-14H2,1-3H3,(H,23,27)(H,24,28)/t16-/m0/s1. The van der Waals surface area contributed by atoms with Crippen molar-refractivity contribution in [2.45, 2.75) is 33.2 Å². The third kappa shape index (κ3) is 4.34. The number of benzene rings is 2. The Bertz CT molecular complexity index is 987. The lowest BCUT2D eigenvalue weighted by molar-refractivity contribution is 0.239. The van der Waals surface area contributed by atoms with Crippen LogP contribution in [0.1, 0.15) is 37.9 Å². The molecule has 1 amide bonds. The van der Waals surface area contributed by atoms with Gasteiger partial charge in [0.05, 0.1) is 17.1 Å². The fourth-order valence-electron chi connectivity index (χ4n) is 3.41. The van der Waals surface area contributed by atoms with Crippen LogP contribution < -0.4 is 11.0 Å². The van der Waals surface area contributed by atoms with Gasteiger partial charge in [-0.15, -0.1) is 0 Å². The Morgan fingerprint density at radius 3 is 2.54 bits per heavy atom. The highest BCUT2D eigenvalue weighted by atomic mass is 16.2. The molecular weight excluding hydrogens is 352 g/mol. The number of imidazole rings is 1. The molecule has 0 fully saturated rings. The second-order valence-corrected chi connectivity index (χ2v) is 6.98. The first-order chi connectivity index (χ1) is 13.5. The predicted octanol–water partition coefficient (Wildman–Crippen LogP) is 3.53. The minimum absolute atomic E-state index is 0.198. The second kappa shape index (κ2) is 8.89. The third-order valence-electron chi connectivity index (χ3n) is 5.20. The smallest absolute Gasteiger partial charge is 0.331 e. The molecule has 28 heavy (non-hydrogen) atoms. The van der Waals surface area contributed by atoms with Crippen molar-refractivity contribution in [3.05, 3.63) is 70.1 Å². The minimum Gasteiger partial charge on any atom is -0.331 e. The number of rotatable bonds is 7. The number of carbonyl (C=O) groups excluding carboxylic acids is 1. The summed E-state index contributed by atoms with van der Waals surface area (Å²) in [6.45, 7) is 9.16. The van der Waals surface area contributed by atoms with Crippen molar-refractivity contribution in [2.75, 3.05) is 19.6 Å². The van der Waals surface area contributed by atoms with Crippen molar-refractivity contribution >= 4 is 17.1 Å². The van der Waals surface area contributed by atoms with Gasteiger partial charge >= 0.3 is 11.7 Å². The zero-order chi connectivity index (χ0) is 20.1. The Morgan fingerprint density at radius 2 is 1.86 bits per heavy atom. The lowest BCUT2D eigenvalue weighted by Gasteiger charge is -2.17. The Kier molecular flexibility index (Phi) is 6.31. The van der Waals surface area contributed by atoms with Gasteiger partial charge in [0.25, 0.3) is 0 Å². The number of likely N-dealkylation sites (N-methyl/N-ethyl adjacent to an activating group) is 1. The van der Waals surface area contributed by atoms with Gasteiger partial charge < -0.3 is 15.2 Å². The summed E-state index contributed by atoms with van der Waals surface area (Å²) < 4.78 is 1.19. The number of amides is 1. The minimum atomic E-state index is -0.423. The van der Waals surface area contributed by atoms with Crippen LogP contribution in [-0.4, -0.2) is 40.1 Å². The average Bonchev–Trinajstić information content (AvgIpc) is 3.04. The van der Waals surface area contributed by atoms with Gasteiger partial charge in [0.1, 0.15) is 0 Å². The fraction of sp³-hybridized carbons (Fsp3) is 0.364. The van der Waals surface area contributed by atoms with Gasteiger partial charge in [-0.1, -0.05) is 50.2 Å². The van der Waals surface area contributed by atoms with E-state index in [1.165, 1.54) is 4.57 Å². The van der Waals surface area contributed by atoms with Gasteiger partial charge in [-0.25, -0.2) is 14.2 Å². The fourth-order valence-corrected chi connectivity index (χ4v) is 3.41. The van der Waals surface area contributed by atoms with Crippen LogP contribution in [0.2, 0.25) is 0 Å². The van der Waals surface area contributed by atoms with Crippen molar-refractivity contribution in [3.8, 4) is 0 Å². The first-order valence-electron chi connectivity index (χ1n) is 9.85. The highest BCUT2D eigenvalue weighted by Crippen LogP contribution is 2.16. The second-order valence-electron chi connectivity index (χ2n) is 6.98. The number of carbonyl (C=O) groups is 1. The van der Waals surface area contributed by atoms with Crippen LogP contribution in [0, 0.1) is 0 Å². The van der Waals surface area contributed by atoms with Gasteiger partial charge in [0.15, 0.2) is 0 Å². The zero-order valence-corrected chi connectivity index (χ0v) is 16.7. The predicted molar refractivity (Wildman–Crippen MR) is 113 cm³/mol. The third-order valence-corrected chi connectivity index (χ3v) is 5.20. The van der Waals surface area contributed by atoms with Crippen LogP contribution in [0.4, 0.5) is 4.79 Å². The van der Waals surface area contributed by atoms with E-state index in [-0.39, 0.29) is 6.04 Å². The number of nitrogens with zero attached hydrogens (tertiary/aromatic N) is 2. The molecule has 0 saturated carbocycles. The van der Waals surface area contributed by atoms with Crippen LogP contribution in [0.25, 0.3) is 11.0 Å². The quantitative estimate of drug-likeness (QED) is 0.659. The van der Waals surface area contributed by atoms with Crippen LogP contribution in [0.15, 0.2) is 53.3 Å². The number of H-pyrrole nitrogens is 1. The molecular formula is C22H28N4O2. The topological polar surface area (TPSA) is 70.1 Å². The molecule has 0 aliphatic rings. The molecule has 0 radical (unpaired) electrons. The number of hydrogen-bond acceptors (Lipinski definition) is 3. The number of nitrogens with one attached hydrogen (secondary N) is 2. The molecule has 0 bridgehead atoms. The van der Waals surface area contributed by atoms with Crippen molar-refractivity contribution < 1.29 is 4.79 Å². The molecule has 1 heterocycles. The molecule has 2 aromatic carbocycles.